The zero-order valence-electron chi connectivity index (χ0n) is 12.9. The molecule has 0 aromatic carbocycles. The van der Waals surface area contributed by atoms with Gasteiger partial charge in [-0.05, 0) is 19.1 Å². The number of carbonyl (C=O) groups excluding carboxylic acids is 2. The SMILES string of the molecule is C[C@@H](N)C(=O)NCCC(=O)N1CCN(c2ccccn2)CC1. The maximum absolute atomic E-state index is 12.1. The maximum Gasteiger partial charge on any atom is 0.236 e. The lowest BCUT2D eigenvalue weighted by atomic mass is 10.2. The van der Waals surface area contributed by atoms with Gasteiger partial charge in [-0.2, -0.15) is 0 Å². The summed E-state index contributed by atoms with van der Waals surface area (Å²) in [5, 5.41) is 2.65. The summed E-state index contributed by atoms with van der Waals surface area (Å²) >= 11 is 0. The van der Waals surface area contributed by atoms with Gasteiger partial charge in [-0.3, -0.25) is 9.59 Å². The summed E-state index contributed by atoms with van der Waals surface area (Å²) < 4.78 is 0. The standard InChI is InChI=1S/C15H23N5O2/c1-12(16)15(22)18-7-5-14(21)20-10-8-19(9-11-20)13-4-2-3-6-17-13/h2-4,6,12H,5,7-11,16H2,1H3,(H,18,22)/t12-/m1/s1. The first-order valence-electron chi connectivity index (χ1n) is 7.55. The zero-order chi connectivity index (χ0) is 15.9. The van der Waals surface area contributed by atoms with E-state index in [0.717, 1.165) is 18.9 Å². The molecule has 1 saturated heterocycles. The van der Waals surface area contributed by atoms with Gasteiger partial charge in [-0.1, -0.05) is 6.07 Å². The van der Waals surface area contributed by atoms with E-state index < -0.39 is 6.04 Å². The number of carbonyl (C=O) groups is 2. The third-order valence-electron chi connectivity index (χ3n) is 3.66. The average Bonchev–Trinajstić information content (AvgIpc) is 2.55. The lowest BCUT2D eigenvalue weighted by Gasteiger charge is -2.35. The highest BCUT2D eigenvalue weighted by molar-refractivity contribution is 5.82. The van der Waals surface area contributed by atoms with Crippen molar-refractivity contribution in [1.29, 1.82) is 0 Å². The monoisotopic (exact) mass is 305 g/mol. The largest absolute Gasteiger partial charge is 0.354 e. The molecule has 1 aliphatic heterocycles. The summed E-state index contributed by atoms with van der Waals surface area (Å²) in [7, 11) is 0. The van der Waals surface area contributed by atoms with Gasteiger partial charge in [-0.15, -0.1) is 0 Å². The van der Waals surface area contributed by atoms with Crippen LogP contribution in [-0.4, -0.2) is 60.5 Å². The quantitative estimate of drug-likeness (QED) is 0.771. The molecule has 2 rings (SSSR count). The molecule has 0 radical (unpaired) electrons. The van der Waals surface area contributed by atoms with Crippen molar-refractivity contribution in [3.8, 4) is 0 Å². The second-order valence-electron chi connectivity index (χ2n) is 5.39. The molecule has 0 saturated carbocycles. The van der Waals surface area contributed by atoms with Gasteiger partial charge >= 0.3 is 0 Å². The van der Waals surface area contributed by atoms with E-state index in [2.05, 4.69) is 15.2 Å². The van der Waals surface area contributed by atoms with E-state index >= 15 is 0 Å². The fourth-order valence-corrected chi connectivity index (χ4v) is 2.34. The first kappa shape index (κ1) is 16.2. The average molecular weight is 305 g/mol. The predicted octanol–water partition coefficient (Wildman–Crippen LogP) is -0.416. The van der Waals surface area contributed by atoms with Crippen LogP contribution in [0.25, 0.3) is 0 Å². The number of pyridine rings is 1. The van der Waals surface area contributed by atoms with Crippen molar-refractivity contribution >= 4 is 17.6 Å². The summed E-state index contributed by atoms with van der Waals surface area (Å²) in [6.45, 7) is 4.85. The Balaban J connectivity index is 1.72. The third-order valence-corrected chi connectivity index (χ3v) is 3.66. The number of piperazine rings is 1. The molecule has 0 spiro atoms. The Morgan fingerprint density at radius 1 is 1.32 bits per heavy atom. The minimum absolute atomic E-state index is 0.0608. The second-order valence-corrected chi connectivity index (χ2v) is 5.39. The molecule has 1 aliphatic rings. The van der Waals surface area contributed by atoms with Crippen LogP contribution in [0.2, 0.25) is 0 Å². The van der Waals surface area contributed by atoms with Crippen LogP contribution in [0.3, 0.4) is 0 Å². The Hall–Kier alpha value is -2.15. The summed E-state index contributed by atoms with van der Waals surface area (Å²) in [4.78, 5) is 31.7. The van der Waals surface area contributed by atoms with Gasteiger partial charge in [0, 0.05) is 45.3 Å². The number of nitrogens with zero attached hydrogens (tertiary/aromatic N) is 3. The topological polar surface area (TPSA) is 91.6 Å². The lowest BCUT2D eigenvalue weighted by molar-refractivity contribution is -0.131. The van der Waals surface area contributed by atoms with E-state index in [1.165, 1.54) is 0 Å². The number of nitrogens with one attached hydrogen (secondary N) is 1. The summed E-state index contributed by atoms with van der Waals surface area (Å²) in [6, 6.07) is 5.28. The van der Waals surface area contributed by atoms with Crippen molar-refractivity contribution < 1.29 is 9.59 Å². The van der Waals surface area contributed by atoms with Crippen LogP contribution >= 0.6 is 0 Å². The molecule has 7 heteroatoms. The van der Waals surface area contributed by atoms with Crippen molar-refractivity contribution in [1.82, 2.24) is 15.2 Å². The highest BCUT2D eigenvalue weighted by Crippen LogP contribution is 2.12. The lowest BCUT2D eigenvalue weighted by Crippen LogP contribution is -2.49. The normalized spacial score (nSPS) is 16.3. The summed E-state index contributed by atoms with van der Waals surface area (Å²) in [6.07, 6.45) is 2.08. The molecule has 7 nitrogen and oxygen atoms in total. The first-order valence-corrected chi connectivity index (χ1v) is 7.55. The van der Waals surface area contributed by atoms with Crippen LogP contribution in [0.5, 0.6) is 0 Å². The van der Waals surface area contributed by atoms with Gasteiger partial charge in [-0.25, -0.2) is 4.98 Å². The number of nitrogens with two attached hydrogens (primary N) is 1. The number of anilines is 1. The maximum atomic E-state index is 12.1. The zero-order valence-corrected chi connectivity index (χ0v) is 12.9. The van der Waals surface area contributed by atoms with Crippen LogP contribution < -0.4 is 16.0 Å². The third kappa shape index (κ3) is 4.42. The minimum Gasteiger partial charge on any atom is -0.354 e. The molecule has 2 amide bonds. The van der Waals surface area contributed by atoms with Crippen LogP contribution in [-0.2, 0) is 9.59 Å². The fourth-order valence-electron chi connectivity index (χ4n) is 2.34. The number of aromatic nitrogens is 1. The van der Waals surface area contributed by atoms with Gasteiger partial charge < -0.3 is 20.9 Å². The fraction of sp³-hybridized carbons (Fsp3) is 0.533. The van der Waals surface area contributed by atoms with Crippen LogP contribution in [0.1, 0.15) is 13.3 Å². The van der Waals surface area contributed by atoms with Gasteiger partial charge in [0.25, 0.3) is 0 Å². The highest BCUT2D eigenvalue weighted by atomic mass is 16.2. The van der Waals surface area contributed by atoms with Crippen LogP contribution in [0.4, 0.5) is 5.82 Å². The summed E-state index contributed by atoms with van der Waals surface area (Å²) in [5.41, 5.74) is 5.45. The second kappa shape index (κ2) is 7.74. The molecular weight excluding hydrogens is 282 g/mol. The Morgan fingerprint density at radius 3 is 2.64 bits per heavy atom. The van der Waals surface area contributed by atoms with Gasteiger partial charge in [0.1, 0.15) is 5.82 Å². The Labute approximate surface area is 130 Å². The molecule has 3 N–H and O–H groups in total. The van der Waals surface area contributed by atoms with E-state index in [9.17, 15) is 9.59 Å². The first-order chi connectivity index (χ1) is 10.6. The van der Waals surface area contributed by atoms with Gasteiger partial charge in [0.2, 0.25) is 11.8 Å². The molecule has 0 aliphatic carbocycles. The molecule has 1 aromatic heterocycles. The number of hydrogen-bond acceptors (Lipinski definition) is 5. The van der Waals surface area contributed by atoms with Crippen molar-refractivity contribution in [2.24, 2.45) is 5.73 Å². The molecular formula is C15H23N5O2. The number of amides is 2. The van der Waals surface area contributed by atoms with E-state index in [1.807, 2.05) is 23.1 Å². The van der Waals surface area contributed by atoms with Crippen LogP contribution in [0.15, 0.2) is 24.4 Å². The Kier molecular flexibility index (Phi) is 5.71. The van der Waals surface area contributed by atoms with E-state index in [1.54, 1.807) is 13.1 Å². The van der Waals surface area contributed by atoms with E-state index in [0.29, 0.717) is 26.1 Å². The van der Waals surface area contributed by atoms with Crippen molar-refractivity contribution in [2.75, 3.05) is 37.6 Å². The molecule has 2 heterocycles. The molecule has 1 aromatic rings. The minimum atomic E-state index is -0.544. The molecule has 22 heavy (non-hydrogen) atoms. The van der Waals surface area contributed by atoms with Gasteiger partial charge in [0.05, 0.1) is 6.04 Å². The highest BCUT2D eigenvalue weighted by Gasteiger charge is 2.21. The molecule has 1 atom stereocenters. The number of hydrogen-bond donors (Lipinski definition) is 2. The predicted molar refractivity (Wildman–Crippen MR) is 84.3 cm³/mol. The molecule has 0 bridgehead atoms. The smallest absolute Gasteiger partial charge is 0.236 e. The Bertz CT molecular complexity index is 498. The van der Waals surface area contributed by atoms with Gasteiger partial charge in [0.15, 0.2) is 0 Å². The molecule has 1 fully saturated rings. The van der Waals surface area contributed by atoms with E-state index in [4.69, 9.17) is 5.73 Å². The summed E-state index contributed by atoms with van der Waals surface area (Å²) in [5.74, 6) is 0.775. The molecule has 120 valence electrons. The van der Waals surface area contributed by atoms with Crippen molar-refractivity contribution in [3.63, 3.8) is 0 Å². The van der Waals surface area contributed by atoms with Crippen molar-refractivity contribution in [2.45, 2.75) is 19.4 Å². The Morgan fingerprint density at radius 2 is 2.05 bits per heavy atom. The molecule has 0 unspecified atom stereocenters. The number of rotatable bonds is 5. The van der Waals surface area contributed by atoms with E-state index in [-0.39, 0.29) is 11.8 Å². The van der Waals surface area contributed by atoms with Crippen LogP contribution in [0, 0.1) is 0 Å². The van der Waals surface area contributed by atoms with Crippen molar-refractivity contribution in [3.05, 3.63) is 24.4 Å².